The van der Waals surface area contributed by atoms with Crippen molar-refractivity contribution in [1.29, 1.82) is 0 Å². The molecule has 2 nitrogen and oxygen atoms in total. The Morgan fingerprint density at radius 3 is 1.65 bits per heavy atom. The Hall–Kier alpha value is -1.73. The number of ether oxygens (including phenoxy) is 1. The van der Waals surface area contributed by atoms with Crippen LogP contribution in [0.2, 0.25) is 0 Å². The van der Waals surface area contributed by atoms with E-state index in [1.54, 1.807) is 0 Å². The van der Waals surface area contributed by atoms with Crippen LogP contribution in [0.5, 0.6) is 0 Å². The highest BCUT2D eigenvalue weighted by atomic mass is 19.4. The summed E-state index contributed by atoms with van der Waals surface area (Å²) in [6.07, 6.45) is -8.53. The molecule has 0 aliphatic heterocycles. The summed E-state index contributed by atoms with van der Waals surface area (Å²) in [5.41, 5.74) is 1.41. The van der Waals surface area contributed by atoms with Gasteiger partial charge in [-0.15, -0.1) is 0 Å². The second kappa shape index (κ2) is 15.1. The molecule has 0 bridgehead atoms. The van der Waals surface area contributed by atoms with Crippen molar-refractivity contribution in [1.82, 2.24) is 0 Å². The van der Waals surface area contributed by atoms with Gasteiger partial charge in [0.25, 0.3) is 6.10 Å². The SMILES string of the molecule is CCC.CCc1ccccc1.O=C(OC(C(F)(F)F)C(F)(F)F)C1CCCCCCC1. The third kappa shape index (κ3) is 13.3. The van der Waals surface area contributed by atoms with Crippen LogP contribution in [0.4, 0.5) is 26.3 Å². The van der Waals surface area contributed by atoms with Crippen LogP contribution >= 0.6 is 0 Å². The molecule has 0 aromatic heterocycles. The lowest BCUT2D eigenvalue weighted by Crippen LogP contribution is -2.46. The summed E-state index contributed by atoms with van der Waals surface area (Å²) in [4.78, 5) is 11.5. The van der Waals surface area contributed by atoms with Crippen LogP contribution in [-0.4, -0.2) is 24.4 Å². The number of aryl methyl sites for hydroxylation is 1. The Morgan fingerprint density at radius 1 is 0.871 bits per heavy atom. The van der Waals surface area contributed by atoms with Crippen molar-refractivity contribution < 1.29 is 35.9 Å². The van der Waals surface area contributed by atoms with E-state index in [2.05, 4.69) is 49.8 Å². The molecule has 0 radical (unpaired) electrons. The first kappa shape index (κ1) is 29.3. The summed E-state index contributed by atoms with van der Waals surface area (Å²) >= 11 is 0. The molecule has 1 aliphatic rings. The van der Waals surface area contributed by atoms with Gasteiger partial charge in [-0.05, 0) is 24.8 Å². The Labute approximate surface area is 181 Å². The van der Waals surface area contributed by atoms with E-state index in [1.807, 2.05) is 6.07 Å². The van der Waals surface area contributed by atoms with E-state index < -0.39 is 30.3 Å². The molecular weight excluding hydrogens is 422 g/mol. The molecule has 1 aromatic carbocycles. The van der Waals surface area contributed by atoms with Crippen molar-refractivity contribution in [3.05, 3.63) is 35.9 Å². The van der Waals surface area contributed by atoms with Gasteiger partial charge in [-0.25, -0.2) is 0 Å². The minimum atomic E-state index is -5.64. The molecule has 1 aliphatic carbocycles. The lowest BCUT2D eigenvalue weighted by molar-refractivity contribution is -0.314. The highest BCUT2D eigenvalue weighted by Gasteiger charge is 2.60. The third-order valence-corrected chi connectivity index (χ3v) is 4.52. The molecule has 0 atom stereocenters. The number of halogens is 6. The normalized spacial score (nSPS) is 15.5. The van der Waals surface area contributed by atoms with E-state index in [0.29, 0.717) is 12.8 Å². The molecule has 0 saturated heterocycles. The van der Waals surface area contributed by atoms with E-state index in [4.69, 9.17) is 0 Å². The number of carbonyl (C=O) groups excluding carboxylic acids is 1. The summed E-state index contributed by atoms with van der Waals surface area (Å²) in [5.74, 6) is -2.27. The van der Waals surface area contributed by atoms with Crippen molar-refractivity contribution in [3.8, 4) is 0 Å². The van der Waals surface area contributed by atoms with Crippen LogP contribution in [-0.2, 0) is 16.0 Å². The molecule has 1 saturated carbocycles. The first-order valence-electron chi connectivity index (χ1n) is 10.8. The summed E-state index contributed by atoms with van der Waals surface area (Å²) in [5, 5.41) is 0. The van der Waals surface area contributed by atoms with Gasteiger partial charge in [0, 0.05) is 0 Å². The van der Waals surface area contributed by atoms with Gasteiger partial charge in [-0.1, -0.05) is 89.6 Å². The summed E-state index contributed by atoms with van der Waals surface area (Å²) < 4.78 is 77.5. The lowest BCUT2D eigenvalue weighted by Gasteiger charge is -2.25. The van der Waals surface area contributed by atoms with Crippen LogP contribution in [0.25, 0.3) is 0 Å². The molecular formula is C23H34F6O2. The van der Waals surface area contributed by atoms with Gasteiger partial charge in [0.05, 0.1) is 5.92 Å². The second-order valence-corrected chi connectivity index (χ2v) is 7.49. The van der Waals surface area contributed by atoms with E-state index >= 15 is 0 Å². The molecule has 0 N–H and O–H groups in total. The van der Waals surface area contributed by atoms with Crippen molar-refractivity contribution in [3.63, 3.8) is 0 Å². The smallest absolute Gasteiger partial charge is 0.434 e. The Morgan fingerprint density at radius 2 is 1.29 bits per heavy atom. The average molecular weight is 457 g/mol. The summed E-state index contributed by atoms with van der Waals surface area (Å²) in [6.45, 7) is 6.41. The number of rotatable bonds is 3. The first-order chi connectivity index (χ1) is 14.5. The molecule has 0 unspecified atom stereocenters. The molecule has 180 valence electrons. The van der Waals surface area contributed by atoms with Gasteiger partial charge < -0.3 is 4.74 Å². The Kier molecular flexibility index (Phi) is 14.3. The predicted octanol–water partition coefficient (Wildman–Crippen LogP) is 8.05. The van der Waals surface area contributed by atoms with Gasteiger partial charge in [-0.2, -0.15) is 26.3 Å². The number of benzene rings is 1. The van der Waals surface area contributed by atoms with Gasteiger partial charge >= 0.3 is 18.3 Å². The van der Waals surface area contributed by atoms with Crippen molar-refractivity contribution in [2.75, 3.05) is 0 Å². The molecule has 0 spiro atoms. The number of hydrogen-bond donors (Lipinski definition) is 0. The minimum absolute atomic E-state index is 0.279. The van der Waals surface area contributed by atoms with Gasteiger partial charge in [0.2, 0.25) is 0 Å². The quantitative estimate of drug-likeness (QED) is 0.340. The Balaban J connectivity index is 0.000000671. The molecule has 31 heavy (non-hydrogen) atoms. The van der Waals surface area contributed by atoms with Crippen LogP contribution in [0.3, 0.4) is 0 Å². The maximum Gasteiger partial charge on any atom is 0.434 e. The summed E-state index contributed by atoms with van der Waals surface area (Å²) in [6, 6.07) is 10.5. The topological polar surface area (TPSA) is 26.3 Å². The van der Waals surface area contributed by atoms with Crippen molar-refractivity contribution >= 4 is 5.97 Å². The number of esters is 1. The zero-order valence-corrected chi connectivity index (χ0v) is 18.5. The predicted molar refractivity (Wildman–Crippen MR) is 110 cm³/mol. The monoisotopic (exact) mass is 456 g/mol. The Bertz CT molecular complexity index is 562. The van der Waals surface area contributed by atoms with E-state index in [1.165, 1.54) is 12.0 Å². The van der Waals surface area contributed by atoms with Gasteiger partial charge in [0.1, 0.15) is 0 Å². The molecule has 8 heteroatoms. The van der Waals surface area contributed by atoms with Crippen LogP contribution in [0, 0.1) is 5.92 Å². The van der Waals surface area contributed by atoms with Crippen molar-refractivity contribution in [2.24, 2.45) is 5.92 Å². The lowest BCUT2D eigenvalue weighted by atomic mass is 9.91. The number of hydrogen-bond acceptors (Lipinski definition) is 2. The van der Waals surface area contributed by atoms with Crippen molar-refractivity contribution in [2.45, 2.75) is 97.0 Å². The fourth-order valence-corrected chi connectivity index (χ4v) is 2.94. The number of carbonyl (C=O) groups is 1. The summed E-state index contributed by atoms with van der Waals surface area (Å²) in [7, 11) is 0. The molecule has 0 heterocycles. The largest absolute Gasteiger partial charge is 0.443 e. The minimum Gasteiger partial charge on any atom is -0.443 e. The number of alkyl halides is 6. The van der Waals surface area contributed by atoms with E-state index in [-0.39, 0.29) is 12.8 Å². The van der Waals surface area contributed by atoms with Gasteiger partial charge in [0.15, 0.2) is 0 Å². The van der Waals surface area contributed by atoms with Crippen LogP contribution in [0.15, 0.2) is 30.3 Å². The highest BCUT2D eigenvalue weighted by molar-refractivity contribution is 5.72. The first-order valence-corrected chi connectivity index (χ1v) is 10.8. The zero-order valence-electron chi connectivity index (χ0n) is 18.5. The maximum absolute atomic E-state index is 12.3. The molecule has 0 amide bonds. The average Bonchev–Trinajstić information content (AvgIpc) is 2.65. The van der Waals surface area contributed by atoms with Crippen LogP contribution in [0.1, 0.15) is 77.7 Å². The molecule has 1 fully saturated rings. The molecule has 1 aromatic rings. The fraction of sp³-hybridized carbons (Fsp3) is 0.696. The fourth-order valence-electron chi connectivity index (χ4n) is 2.94. The third-order valence-electron chi connectivity index (χ3n) is 4.52. The highest BCUT2D eigenvalue weighted by Crippen LogP contribution is 2.37. The van der Waals surface area contributed by atoms with E-state index in [0.717, 1.165) is 25.7 Å². The van der Waals surface area contributed by atoms with Gasteiger partial charge in [-0.3, -0.25) is 4.79 Å². The molecule has 2 rings (SSSR count). The zero-order chi connectivity index (χ0) is 23.9. The van der Waals surface area contributed by atoms with E-state index in [9.17, 15) is 31.1 Å². The van der Waals surface area contributed by atoms with Crippen LogP contribution < -0.4 is 0 Å². The second-order valence-electron chi connectivity index (χ2n) is 7.49. The standard InChI is InChI=1S/C12H16F6O2.C8H10.C3H8/c13-11(14,15)10(12(16,17)18)20-9(19)8-6-4-2-1-3-5-7-8;1-2-8-6-4-3-5-7-8;1-3-2/h8,10H,1-7H2;3-7H,2H2,1H3;3H2,1-2H3. The maximum atomic E-state index is 12.3.